The summed E-state index contributed by atoms with van der Waals surface area (Å²) in [5.74, 6) is -1.02. The molecule has 0 amide bonds. The van der Waals surface area contributed by atoms with Crippen molar-refractivity contribution in [3.05, 3.63) is 46.1 Å². The Morgan fingerprint density at radius 1 is 1.17 bits per heavy atom. The molecule has 92 valence electrons. The zero-order chi connectivity index (χ0) is 13.3. The van der Waals surface area contributed by atoms with Gasteiger partial charge in [0.15, 0.2) is 5.69 Å². The summed E-state index contributed by atoms with van der Waals surface area (Å²) in [5, 5.41) is 9.95. The fraction of sp³-hybridized carbons (Fsp3) is 0. The van der Waals surface area contributed by atoms with E-state index in [9.17, 15) is 4.79 Å². The molecular formula is C12H8Cl2N2O2. The molecule has 0 aliphatic rings. The molecule has 0 fully saturated rings. The van der Waals surface area contributed by atoms with E-state index in [0.29, 0.717) is 21.2 Å². The Morgan fingerprint density at radius 3 is 2.33 bits per heavy atom. The summed E-state index contributed by atoms with van der Waals surface area (Å²) in [5.41, 5.74) is 6.34. The summed E-state index contributed by atoms with van der Waals surface area (Å²) >= 11 is 11.8. The van der Waals surface area contributed by atoms with Crippen LogP contribution in [-0.2, 0) is 0 Å². The number of benzene rings is 1. The van der Waals surface area contributed by atoms with Gasteiger partial charge in [0.1, 0.15) is 5.82 Å². The van der Waals surface area contributed by atoms with Crippen LogP contribution in [0, 0.1) is 0 Å². The molecule has 0 unspecified atom stereocenters. The first-order valence-corrected chi connectivity index (χ1v) is 5.69. The van der Waals surface area contributed by atoms with E-state index in [-0.39, 0.29) is 11.5 Å². The third-order valence-corrected chi connectivity index (χ3v) is 2.73. The Labute approximate surface area is 113 Å². The van der Waals surface area contributed by atoms with Crippen LogP contribution in [-0.4, -0.2) is 16.1 Å². The van der Waals surface area contributed by atoms with Crippen LogP contribution in [0.5, 0.6) is 0 Å². The van der Waals surface area contributed by atoms with Crippen molar-refractivity contribution in [2.45, 2.75) is 0 Å². The van der Waals surface area contributed by atoms with Gasteiger partial charge in [0.2, 0.25) is 0 Å². The summed E-state index contributed by atoms with van der Waals surface area (Å²) in [6, 6.07) is 7.91. The lowest BCUT2D eigenvalue weighted by atomic mass is 10.0. The number of anilines is 1. The number of nitrogens with zero attached hydrogens (tertiary/aromatic N) is 1. The zero-order valence-corrected chi connectivity index (χ0v) is 10.5. The maximum absolute atomic E-state index is 11.1. The van der Waals surface area contributed by atoms with Crippen molar-refractivity contribution in [1.82, 2.24) is 4.98 Å². The number of carboxylic acid groups (broad SMARTS) is 1. The molecule has 1 aromatic heterocycles. The molecule has 1 heterocycles. The molecule has 0 atom stereocenters. The number of rotatable bonds is 2. The van der Waals surface area contributed by atoms with Gasteiger partial charge in [-0.05, 0) is 35.9 Å². The van der Waals surface area contributed by atoms with E-state index in [1.807, 2.05) is 0 Å². The second-order valence-electron chi connectivity index (χ2n) is 3.60. The van der Waals surface area contributed by atoms with Crippen molar-refractivity contribution in [3.63, 3.8) is 0 Å². The van der Waals surface area contributed by atoms with Crippen LogP contribution in [0.15, 0.2) is 30.3 Å². The van der Waals surface area contributed by atoms with Crippen molar-refractivity contribution in [2.75, 3.05) is 5.73 Å². The quantitative estimate of drug-likeness (QED) is 0.886. The SMILES string of the molecule is Nc1ccc(-c2cc(Cl)cc(Cl)c2)c(C(=O)O)n1. The number of nitrogen functional groups attached to an aromatic ring is 1. The normalized spacial score (nSPS) is 10.3. The third kappa shape index (κ3) is 2.55. The monoisotopic (exact) mass is 282 g/mol. The number of hydrogen-bond donors (Lipinski definition) is 2. The number of hydrogen-bond acceptors (Lipinski definition) is 3. The van der Waals surface area contributed by atoms with Gasteiger partial charge < -0.3 is 10.8 Å². The minimum absolute atomic E-state index is 0.131. The molecular weight excluding hydrogens is 275 g/mol. The molecule has 1 aromatic carbocycles. The maximum atomic E-state index is 11.1. The summed E-state index contributed by atoms with van der Waals surface area (Å²) in [6.45, 7) is 0. The third-order valence-electron chi connectivity index (χ3n) is 2.29. The van der Waals surface area contributed by atoms with Gasteiger partial charge >= 0.3 is 5.97 Å². The van der Waals surface area contributed by atoms with E-state index in [2.05, 4.69) is 4.98 Å². The smallest absolute Gasteiger partial charge is 0.355 e. The average Bonchev–Trinajstić information content (AvgIpc) is 2.27. The summed E-state index contributed by atoms with van der Waals surface area (Å²) in [4.78, 5) is 14.9. The van der Waals surface area contributed by atoms with Crippen LogP contribution in [0.1, 0.15) is 10.5 Å². The number of carboxylic acids is 1. The molecule has 0 spiro atoms. The average molecular weight is 283 g/mol. The van der Waals surface area contributed by atoms with E-state index >= 15 is 0 Å². The van der Waals surface area contributed by atoms with Crippen LogP contribution in [0.2, 0.25) is 10.0 Å². The fourth-order valence-corrected chi connectivity index (χ4v) is 2.11. The highest BCUT2D eigenvalue weighted by atomic mass is 35.5. The summed E-state index contributed by atoms with van der Waals surface area (Å²) in [7, 11) is 0. The molecule has 0 bridgehead atoms. The van der Waals surface area contributed by atoms with E-state index in [4.69, 9.17) is 34.0 Å². The highest BCUT2D eigenvalue weighted by Crippen LogP contribution is 2.29. The number of carbonyl (C=O) groups is 1. The van der Waals surface area contributed by atoms with Crippen molar-refractivity contribution < 1.29 is 9.90 Å². The second-order valence-corrected chi connectivity index (χ2v) is 4.47. The lowest BCUT2D eigenvalue weighted by Gasteiger charge is -2.07. The topological polar surface area (TPSA) is 76.2 Å². The molecule has 6 heteroatoms. The number of nitrogens with two attached hydrogens (primary N) is 1. The Kier molecular flexibility index (Phi) is 3.41. The van der Waals surface area contributed by atoms with Gasteiger partial charge in [-0.1, -0.05) is 23.2 Å². The van der Waals surface area contributed by atoms with Crippen molar-refractivity contribution >= 4 is 35.0 Å². The van der Waals surface area contributed by atoms with Crippen LogP contribution in [0.25, 0.3) is 11.1 Å². The molecule has 4 nitrogen and oxygen atoms in total. The van der Waals surface area contributed by atoms with Crippen LogP contribution in [0.4, 0.5) is 5.82 Å². The first kappa shape index (κ1) is 12.7. The number of pyridine rings is 1. The standard InChI is InChI=1S/C12H8Cl2N2O2/c13-7-3-6(4-8(14)5-7)9-1-2-10(15)16-11(9)12(17)18/h1-5H,(H2,15,16)(H,17,18). The number of halogens is 2. The van der Waals surface area contributed by atoms with Gasteiger partial charge in [-0.3, -0.25) is 0 Å². The van der Waals surface area contributed by atoms with Gasteiger partial charge in [-0.2, -0.15) is 0 Å². The van der Waals surface area contributed by atoms with E-state index in [1.54, 1.807) is 24.3 Å². The minimum Gasteiger partial charge on any atom is -0.476 e. The Morgan fingerprint density at radius 2 is 1.78 bits per heavy atom. The zero-order valence-electron chi connectivity index (χ0n) is 9.02. The van der Waals surface area contributed by atoms with E-state index < -0.39 is 5.97 Å². The summed E-state index contributed by atoms with van der Waals surface area (Å²) < 4.78 is 0. The molecule has 0 saturated carbocycles. The molecule has 2 rings (SSSR count). The molecule has 0 aliphatic heterocycles. The molecule has 2 aromatic rings. The maximum Gasteiger partial charge on any atom is 0.355 e. The fourth-order valence-electron chi connectivity index (χ4n) is 1.58. The predicted molar refractivity (Wildman–Crippen MR) is 71.1 cm³/mol. The molecule has 0 saturated heterocycles. The Balaban J connectivity index is 2.66. The molecule has 0 radical (unpaired) electrons. The highest BCUT2D eigenvalue weighted by molar-refractivity contribution is 6.35. The number of aromatic carboxylic acids is 1. The largest absolute Gasteiger partial charge is 0.476 e. The first-order valence-electron chi connectivity index (χ1n) is 4.93. The second kappa shape index (κ2) is 4.84. The van der Waals surface area contributed by atoms with Gasteiger partial charge in [0.25, 0.3) is 0 Å². The van der Waals surface area contributed by atoms with Crippen molar-refractivity contribution in [2.24, 2.45) is 0 Å². The van der Waals surface area contributed by atoms with Crippen LogP contribution in [0.3, 0.4) is 0 Å². The number of aromatic nitrogens is 1. The van der Waals surface area contributed by atoms with E-state index in [0.717, 1.165) is 0 Å². The summed E-state index contributed by atoms with van der Waals surface area (Å²) in [6.07, 6.45) is 0. The molecule has 0 aliphatic carbocycles. The lowest BCUT2D eigenvalue weighted by molar-refractivity contribution is 0.0691. The van der Waals surface area contributed by atoms with Crippen molar-refractivity contribution in [1.29, 1.82) is 0 Å². The molecule has 3 N–H and O–H groups in total. The van der Waals surface area contributed by atoms with Gasteiger partial charge in [-0.25, -0.2) is 9.78 Å². The lowest BCUT2D eigenvalue weighted by Crippen LogP contribution is -2.05. The van der Waals surface area contributed by atoms with Crippen LogP contribution >= 0.6 is 23.2 Å². The van der Waals surface area contributed by atoms with Crippen LogP contribution < -0.4 is 5.73 Å². The van der Waals surface area contributed by atoms with Gasteiger partial charge in [0.05, 0.1) is 0 Å². The van der Waals surface area contributed by atoms with Gasteiger partial charge in [-0.15, -0.1) is 0 Å². The Hall–Kier alpha value is -1.78. The van der Waals surface area contributed by atoms with Gasteiger partial charge in [0, 0.05) is 15.6 Å². The van der Waals surface area contributed by atoms with Crippen molar-refractivity contribution in [3.8, 4) is 11.1 Å². The first-order chi connectivity index (χ1) is 8.47. The minimum atomic E-state index is -1.16. The Bertz CT molecular complexity index is 609. The predicted octanol–water partition coefficient (Wildman–Crippen LogP) is 3.34. The highest BCUT2D eigenvalue weighted by Gasteiger charge is 2.14. The van der Waals surface area contributed by atoms with E-state index in [1.165, 1.54) is 6.07 Å². The molecule has 18 heavy (non-hydrogen) atoms.